The maximum absolute atomic E-state index is 13.8. The van der Waals surface area contributed by atoms with Gasteiger partial charge < -0.3 is 14.6 Å². The van der Waals surface area contributed by atoms with Crippen LogP contribution in [0.2, 0.25) is 0 Å². The summed E-state index contributed by atoms with van der Waals surface area (Å²) in [5.41, 5.74) is -2.44. The van der Waals surface area contributed by atoms with Crippen molar-refractivity contribution in [3.8, 4) is 0 Å². The topological polar surface area (TPSA) is 72.8 Å². The minimum Gasteiger partial charge on any atom is -0.465 e. The first-order valence-electron chi connectivity index (χ1n) is 12.6. The van der Waals surface area contributed by atoms with Crippen molar-refractivity contribution in [3.05, 3.63) is 0 Å². The smallest absolute Gasteiger partial charge is 0.317 e. The van der Waals surface area contributed by atoms with E-state index >= 15 is 0 Å². The molecule has 33 heavy (non-hydrogen) atoms. The summed E-state index contributed by atoms with van der Waals surface area (Å²) >= 11 is 0. The molecule has 0 saturated carbocycles. The Morgan fingerprint density at radius 1 is 0.818 bits per heavy atom. The van der Waals surface area contributed by atoms with E-state index in [2.05, 4.69) is 34.6 Å². The Labute approximate surface area is 204 Å². The number of rotatable bonds is 14. The Balaban J connectivity index is 5.43. The van der Waals surface area contributed by atoms with Gasteiger partial charge in [0.1, 0.15) is 5.92 Å². The van der Waals surface area contributed by atoms with Crippen LogP contribution >= 0.6 is 0 Å². The van der Waals surface area contributed by atoms with Gasteiger partial charge in [0, 0.05) is 11.8 Å². The predicted molar refractivity (Wildman–Crippen MR) is 136 cm³/mol. The van der Waals surface area contributed by atoms with Gasteiger partial charge in [-0.15, -0.1) is 0 Å². The molecule has 0 rings (SSSR count). The van der Waals surface area contributed by atoms with Crippen LogP contribution in [-0.4, -0.2) is 41.3 Å². The fraction of sp³-hybridized carbons (Fsp3) is 0.929. The first-order valence-corrected chi connectivity index (χ1v) is 12.6. The molecular formula is C28H54O5. The van der Waals surface area contributed by atoms with Gasteiger partial charge in [0.15, 0.2) is 5.78 Å². The van der Waals surface area contributed by atoms with Gasteiger partial charge in [0.25, 0.3) is 0 Å². The molecule has 5 heteroatoms. The van der Waals surface area contributed by atoms with Gasteiger partial charge in [0.2, 0.25) is 0 Å². The second kappa shape index (κ2) is 11.7. The van der Waals surface area contributed by atoms with E-state index in [9.17, 15) is 14.7 Å². The summed E-state index contributed by atoms with van der Waals surface area (Å²) in [6, 6.07) is 0. The number of hydrogen-bond donors (Lipinski definition) is 1. The van der Waals surface area contributed by atoms with Crippen LogP contribution in [0.5, 0.6) is 0 Å². The molecule has 196 valence electrons. The highest BCUT2D eigenvalue weighted by atomic mass is 16.5. The molecule has 5 nitrogen and oxygen atoms in total. The average molecular weight is 471 g/mol. The van der Waals surface area contributed by atoms with Gasteiger partial charge in [-0.05, 0) is 63.7 Å². The van der Waals surface area contributed by atoms with E-state index in [-0.39, 0.29) is 17.8 Å². The normalized spacial score (nSPS) is 15.0. The first kappa shape index (κ1) is 32.1. The van der Waals surface area contributed by atoms with Crippen LogP contribution in [0.3, 0.4) is 0 Å². The number of aliphatic hydroxyl groups is 1. The lowest BCUT2D eigenvalue weighted by atomic mass is 9.63. The number of hydrogen-bond acceptors (Lipinski definition) is 5. The monoisotopic (exact) mass is 470 g/mol. The Morgan fingerprint density at radius 2 is 1.33 bits per heavy atom. The highest BCUT2D eigenvalue weighted by Gasteiger charge is 2.48. The van der Waals surface area contributed by atoms with Gasteiger partial charge >= 0.3 is 5.97 Å². The maximum atomic E-state index is 13.8. The van der Waals surface area contributed by atoms with Crippen molar-refractivity contribution in [1.29, 1.82) is 0 Å². The number of ether oxygens (including phenoxy) is 2. The number of Topliss-reactive ketones (excluding diaryl/α,β-unsaturated/α-hetero) is 1. The number of esters is 1. The molecule has 0 aromatic rings. The van der Waals surface area contributed by atoms with Crippen molar-refractivity contribution in [2.75, 3.05) is 13.2 Å². The summed E-state index contributed by atoms with van der Waals surface area (Å²) < 4.78 is 11.6. The third-order valence-corrected chi connectivity index (χ3v) is 6.01. The van der Waals surface area contributed by atoms with Crippen LogP contribution in [-0.2, 0) is 19.1 Å². The van der Waals surface area contributed by atoms with E-state index in [1.165, 1.54) is 0 Å². The maximum Gasteiger partial charge on any atom is 0.317 e. The largest absolute Gasteiger partial charge is 0.465 e. The van der Waals surface area contributed by atoms with Gasteiger partial charge in [-0.3, -0.25) is 9.59 Å². The fourth-order valence-electron chi connectivity index (χ4n) is 4.88. The lowest BCUT2D eigenvalue weighted by Crippen LogP contribution is -2.46. The summed E-state index contributed by atoms with van der Waals surface area (Å²) in [7, 11) is 0. The molecule has 0 aromatic carbocycles. The van der Waals surface area contributed by atoms with Crippen LogP contribution in [0.15, 0.2) is 0 Å². The van der Waals surface area contributed by atoms with Crippen molar-refractivity contribution in [2.24, 2.45) is 28.1 Å². The van der Waals surface area contributed by atoms with E-state index in [4.69, 9.17) is 9.47 Å². The number of carbonyl (C=O) groups is 2. The molecule has 1 unspecified atom stereocenters. The highest BCUT2D eigenvalue weighted by Crippen LogP contribution is 2.43. The van der Waals surface area contributed by atoms with E-state index in [0.29, 0.717) is 31.8 Å². The highest BCUT2D eigenvalue weighted by molar-refractivity contribution is 6.02. The minimum atomic E-state index is -0.809. The molecule has 1 atom stereocenters. The van der Waals surface area contributed by atoms with E-state index in [0.717, 1.165) is 6.42 Å². The Bertz CT molecular complexity index is 630. The lowest BCUT2D eigenvalue weighted by Gasteiger charge is -2.39. The zero-order valence-electron chi connectivity index (χ0n) is 24.0. The summed E-state index contributed by atoms with van der Waals surface area (Å²) in [5, 5.41) is 9.87. The Kier molecular flexibility index (Phi) is 11.3. The quantitative estimate of drug-likeness (QED) is 0.229. The van der Waals surface area contributed by atoms with Crippen LogP contribution in [0.4, 0.5) is 0 Å². The zero-order valence-corrected chi connectivity index (χ0v) is 24.0. The second-order valence-corrected chi connectivity index (χ2v) is 14.1. The van der Waals surface area contributed by atoms with Gasteiger partial charge in [-0.2, -0.15) is 0 Å². The molecule has 0 aromatic heterocycles. The molecule has 0 bridgehead atoms. The summed E-state index contributed by atoms with van der Waals surface area (Å²) in [5.74, 6) is -0.915. The van der Waals surface area contributed by atoms with Gasteiger partial charge in [0.05, 0.1) is 24.4 Å². The predicted octanol–water partition coefficient (Wildman–Crippen LogP) is 6.60. The van der Waals surface area contributed by atoms with Crippen molar-refractivity contribution in [2.45, 2.75) is 127 Å². The molecule has 0 spiro atoms. The van der Waals surface area contributed by atoms with Crippen LogP contribution < -0.4 is 0 Å². The van der Waals surface area contributed by atoms with Gasteiger partial charge in [-0.25, -0.2) is 0 Å². The second-order valence-electron chi connectivity index (χ2n) is 14.1. The molecule has 0 radical (unpaired) electrons. The first-order chi connectivity index (χ1) is 14.5. The molecule has 1 N–H and O–H groups in total. The van der Waals surface area contributed by atoms with Crippen molar-refractivity contribution in [3.63, 3.8) is 0 Å². The molecular weight excluding hydrogens is 416 g/mol. The SMILES string of the molecule is CC(C)CC(C)(C)C(C(=O)OCCC(C)(C)OCCC(C)(C)O)C(=O)C(C)(C)CC(C)(C)C. The summed E-state index contributed by atoms with van der Waals surface area (Å²) in [6.07, 6.45) is 2.50. The third kappa shape index (κ3) is 12.9. The Hall–Kier alpha value is -0.940. The number of carbonyl (C=O) groups excluding carboxylic acids is 2. The molecule has 0 saturated heterocycles. The molecule has 0 aliphatic heterocycles. The molecule has 0 aliphatic carbocycles. The van der Waals surface area contributed by atoms with E-state index in [1.54, 1.807) is 13.8 Å². The number of ketones is 1. The summed E-state index contributed by atoms with van der Waals surface area (Å²) in [6.45, 7) is 26.5. The average Bonchev–Trinajstić information content (AvgIpc) is 2.48. The van der Waals surface area contributed by atoms with Crippen molar-refractivity contribution in [1.82, 2.24) is 0 Å². The lowest BCUT2D eigenvalue weighted by molar-refractivity contribution is -0.162. The van der Waals surface area contributed by atoms with Gasteiger partial charge in [-0.1, -0.05) is 62.3 Å². The van der Waals surface area contributed by atoms with Crippen molar-refractivity contribution < 1.29 is 24.2 Å². The van der Waals surface area contributed by atoms with E-state index in [1.807, 2.05) is 41.5 Å². The van der Waals surface area contributed by atoms with Crippen LogP contribution in [0.1, 0.15) is 116 Å². The molecule has 0 amide bonds. The standard InChI is InChI=1S/C28H54O5/c1-20(2)18-25(6,7)21(22(29)26(8,9)19-24(3,4)5)23(30)32-16-15-28(12,13)33-17-14-27(10,11)31/h20-21,31H,14-19H2,1-13H3. The molecule has 0 heterocycles. The van der Waals surface area contributed by atoms with Crippen molar-refractivity contribution >= 4 is 11.8 Å². The molecule has 0 fully saturated rings. The molecule has 0 aliphatic rings. The van der Waals surface area contributed by atoms with Crippen LogP contribution in [0.25, 0.3) is 0 Å². The zero-order chi connectivity index (χ0) is 26.5. The minimum absolute atomic E-state index is 0.0275. The third-order valence-electron chi connectivity index (χ3n) is 6.01. The fourth-order valence-corrected chi connectivity index (χ4v) is 4.88. The Morgan fingerprint density at radius 3 is 1.76 bits per heavy atom. The van der Waals surface area contributed by atoms with E-state index < -0.39 is 33.9 Å². The van der Waals surface area contributed by atoms with Crippen LogP contribution in [0, 0.1) is 28.1 Å². The summed E-state index contributed by atoms with van der Waals surface area (Å²) in [4.78, 5) is 27.1.